The molecule has 2 aromatic heterocycles. The third kappa shape index (κ3) is 2.47. The first-order valence-electron chi connectivity index (χ1n) is 9.93. The van der Waals surface area contributed by atoms with Gasteiger partial charge in [0.25, 0.3) is 5.91 Å². The molecule has 6 rings (SSSR count). The molecule has 0 spiro atoms. The van der Waals surface area contributed by atoms with Crippen molar-refractivity contribution >= 4 is 5.91 Å². The lowest BCUT2D eigenvalue weighted by Crippen LogP contribution is -2.29. The van der Waals surface area contributed by atoms with E-state index in [1.165, 1.54) is 31.9 Å². The fourth-order valence-electron chi connectivity index (χ4n) is 4.49. The molecule has 2 aromatic rings. The summed E-state index contributed by atoms with van der Waals surface area (Å²) < 4.78 is 5.14. The minimum Gasteiger partial charge on any atom is -0.364 e. The van der Waals surface area contributed by atoms with E-state index in [4.69, 9.17) is 9.51 Å². The van der Waals surface area contributed by atoms with Crippen molar-refractivity contribution in [3.63, 3.8) is 0 Å². The molecule has 3 aliphatic carbocycles. The van der Waals surface area contributed by atoms with E-state index in [2.05, 4.69) is 15.4 Å². The van der Waals surface area contributed by atoms with Crippen LogP contribution in [0.15, 0.2) is 10.8 Å². The molecule has 0 aromatic carbocycles. The molecule has 1 N–H and O–H groups in total. The summed E-state index contributed by atoms with van der Waals surface area (Å²) in [7, 11) is 0. The molecule has 0 unspecified atom stereocenters. The van der Waals surface area contributed by atoms with Gasteiger partial charge in [0.1, 0.15) is 17.7 Å². The lowest BCUT2D eigenvalue weighted by Gasteiger charge is -2.15. The smallest absolute Gasteiger partial charge is 0.259 e. The third-order valence-electron chi connectivity index (χ3n) is 6.49. The summed E-state index contributed by atoms with van der Waals surface area (Å²) in [5.74, 6) is 4.47. The van der Waals surface area contributed by atoms with Gasteiger partial charge in [-0.05, 0) is 50.4 Å². The van der Waals surface area contributed by atoms with Gasteiger partial charge in [-0.25, -0.2) is 4.98 Å². The van der Waals surface area contributed by atoms with Crippen molar-refractivity contribution in [3.05, 3.63) is 29.2 Å². The van der Waals surface area contributed by atoms with Crippen LogP contribution >= 0.6 is 0 Å². The molecule has 7 nitrogen and oxygen atoms in total. The highest BCUT2D eigenvalue weighted by Crippen LogP contribution is 2.48. The first-order chi connectivity index (χ1) is 12.8. The lowest BCUT2D eigenvalue weighted by molar-refractivity contribution is 0.0783. The number of nitrogens with zero attached hydrogens (tertiary/aromatic N) is 4. The van der Waals surface area contributed by atoms with E-state index < -0.39 is 0 Å². The maximum Gasteiger partial charge on any atom is 0.259 e. The van der Waals surface area contributed by atoms with Crippen LogP contribution in [-0.2, 0) is 0 Å². The highest BCUT2D eigenvalue weighted by Gasteiger charge is 2.47. The number of likely N-dealkylation sites (tertiary alicyclic amines) is 1. The van der Waals surface area contributed by atoms with Gasteiger partial charge < -0.3 is 9.42 Å². The van der Waals surface area contributed by atoms with Crippen molar-refractivity contribution in [3.8, 4) is 0 Å². The van der Waals surface area contributed by atoms with Gasteiger partial charge in [0.05, 0.1) is 5.69 Å². The predicted octanol–water partition coefficient (Wildman–Crippen LogP) is 2.81. The Morgan fingerprint density at radius 3 is 2.65 bits per heavy atom. The molecule has 0 radical (unpaired) electrons. The Hall–Kier alpha value is -2.18. The molecule has 3 saturated carbocycles. The van der Waals surface area contributed by atoms with Crippen molar-refractivity contribution in [1.29, 1.82) is 0 Å². The summed E-state index contributed by atoms with van der Waals surface area (Å²) in [6.45, 7) is 1.53. The maximum atomic E-state index is 13.1. The number of hydrogen-bond acceptors (Lipinski definition) is 5. The Morgan fingerprint density at radius 1 is 1.12 bits per heavy atom. The SMILES string of the molecule is O=C(c1conc1C1CC1)N1C[C@H](c2nc(C3CC3)n[nH]2)[C@@H](C2CC2)C1. The molecule has 1 saturated heterocycles. The number of carbonyl (C=O) groups excluding carboxylic acids is 1. The van der Waals surface area contributed by atoms with Gasteiger partial charge >= 0.3 is 0 Å². The number of nitrogens with one attached hydrogen (secondary N) is 1. The fourth-order valence-corrected chi connectivity index (χ4v) is 4.49. The van der Waals surface area contributed by atoms with Gasteiger partial charge in [0.2, 0.25) is 0 Å². The van der Waals surface area contributed by atoms with Crippen LogP contribution in [0.1, 0.15) is 84.0 Å². The average Bonchev–Trinajstić information content (AvgIpc) is 3.62. The number of H-pyrrole nitrogens is 1. The van der Waals surface area contributed by atoms with E-state index in [1.54, 1.807) is 0 Å². The maximum absolute atomic E-state index is 13.1. The number of amides is 1. The summed E-state index contributed by atoms with van der Waals surface area (Å²) >= 11 is 0. The third-order valence-corrected chi connectivity index (χ3v) is 6.49. The van der Waals surface area contributed by atoms with E-state index in [-0.39, 0.29) is 11.8 Å². The van der Waals surface area contributed by atoms with Crippen molar-refractivity contribution in [2.75, 3.05) is 13.1 Å². The standard InChI is InChI=1S/C19H23N5O2/c25-19(15-9-26-23-16(15)11-3-4-11)24-7-13(10-1-2-10)14(8-24)18-20-17(21-22-18)12-5-6-12/h9-14H,1-8H2,(H,20,21,22)/t13-,14+/m1/s1. The Kier molecular flexibility index (Phi) is 3.11. The van der Waals surface area contributed by atoms with Crippen LogP contribution in [0.4, 0.5) is 0 Å². The summed E-state index contributed by atoms with van der Waals surface area (Å²) in [4.78, 5) is 19.9. The van der Waals surface area contributed by atoms with Crippen LogP contribution in [0.25, 0.3) is 0 Å². The van der Waals surface area contributed by atoms with Gasteiger partial charge in [-0.15, -0.1) is 0 Å². The zero-order chi connectivity index (χ0) is 17.3. The predicted molar refractivity (Wildman–Crippen MR) is 91.7 cm³/mol. The topological polar surface area (TPSA) is 87.9 Å². The van der Waals surface area contributed by atoms with Crippen LogP contribution in [0, 0.1) is 11.8 Å². The van der Waals surface area contributed by atoms with Crippen LogP contribution < -0.4 is 0 Å². The summed E-state index contributed by atoms with van der Waals surface area (Å²) in [5, 5.41) is 11.7. The fraction of sp³-hybridized carbons (Fsp3) is 0.684. The minimum atomic E-state index is 0.0724. The molecule has 4 fully saturated rings. The van der Waals surface area contributed by atoms with Crippen LogP contribution in [0.5, 0.6) is 0 Å². The Bertz CT molecular complexity index is 846. The normalized spacial score (nSPS) is 28.7. The first kappa shape index (κ1) is 14.9. The van der Waals surface area contributed by atoms with Crippen molar-refractivity contribution < 1.29 is 9.32 Å². The van der Waals surface area contributed by atoms with E-state index in [0.717, 1.165) is 42.6 Å². The summed E-state index contributed by atoms with van der Waals surface area (Å²) in [5.41, 5.74) is 1.52. The van der Waals surface area contributed by atoms with Crippen molar-refractivity contribution in [2.24, 2.45) is 11.8 Å². The van der Waals surface area contributed by atoms with Crippen LogP contribution in [0.3, 0.4) is 0 Å². The molecular weight excluding hydrogens is 330 g/mol. The van der Waals surface area contributed by atoms with E-state index in [1.807, 2.05) is 4.90 Å². The number of hydrogen-bond donors (Lipinski definition) is 1. The molecule has 4 aliphatic rings. The van der Waals surface area contributed by atoms with Crippen molar-refractivity contribution in [2.45, 2.75) is 56.3 Å². The average molecular weight is 353 g/mol. The van der Waals surface area contributed by atoms with Crippen molar-refractivity contribution in [1.82, 2.24) is 25.2 Å². The molecule has 7 heteroatoms. The van der Waals surface area contributed by atoms with Gasteiger partial charge in [-0.2, -0.15) is 5.10 Å². The summed E-state index contributed by atoms with van der Waals surface area (Å²) in [6.07, 6.45) is 8.71. The first-order valence-corrected chi connectivity index (χ1v) is 9.93. The lowest BCUT2D eigenvalue weighted by atomic mass is 9.91. The van der Waals surface area contributed by atoms with Crippen LogP contribution in [0.2, 0.25) is 0 Å². The summed E-state index contributed by atoms with van der Waals surface area (Å²) in [6, 6.07) is 0. The number of rotatable bonds is 5. The highest BCUT2D eigenvalue weighted by molar-refractivity contribution is 5.95. The Morgan fingerprint density at radius 2 is 1.92 bits per heavy atom. The monoisotopic (exact) mass is 353 g/mol. The largest absolute Gasteiger partial charge is 0.364 e. The quantitative estimate of drug-likeness (QED) is 0.893. The van der Waals surface area contributed by atoms with Gasteiger partial charge in [-0.3, -0.25) is 9.89 Å². The molecule has 1 aliphatic heterocycles. The molecule has 26 heavy (non-hydrogen) atoms. The minimum absolute atomic E-state index is 0.0724. The number of aromatic nitrogens is 4. The number of aromatic amines is 1. The van der Waals surface area contributed by atoms with Crippen LogP contribution in [-0.4, -0.2) is 44.2 Å². The molecule has 0 bridgehead atoms. The second kappa shape index (κ2) is 5.41. The van der Waals surface area contributed by atoms with Gasteiger partial charge in [-0.1, -0.05) is 5.16 Å². The molecule has 2 atom stereocenters. The molecular formula is C19H23N5O2. The molecule has 136 valence electrons. The Balaban J connectivity index is 1.26. The molecule has 3 heterocycles. The second-order valence-electron chi connectivity index (χ2n) is 8.56. The molecule has 1 amide bonds. The van der Waals surface area contributed by atoms with E-state index in [9.17, 15) is 4.79 Å². The van der Waals surface area contributed by atoms with Gasteiger partial charge in [0.15, 0.2) is 5.82 Å². The second-order valence-corrected chi connectivity index (χ2v) is 8.56. The van der Waals surface area contributed by atoms with Gasteiger partial charge in [0, 0.05) is 30.8 Å². The number of carbonyl (C=O) groups is 1. The Labute approximate surface area is 151 Å². The zero-order valence-electron chi connectivity index (χ0n) is 14.7. The van der Waals surface area contributed by atoms with E-state index in [0.29, 0.717) is 29.9 Å². The highest BCUT2D eigenvalue weighted by atomic mass is 16.5. The zero-order valence-corrected chi connectivity index (χ0v) is 14.7. The van der Waals surface area contributed by atoms with E-state index >= 15 is 0 Å².